The predicted molar refractivity (Wildman–Crippen MR) is 71.2 cm³/mol. The number of aliphatic imine (C=N–C) groups is 4. The van der Waals surface area contributed by atoms with Crippen molar-refractivity contribution in [1.82, 2.24) is 0 Å². The van der Waals surface area contributed by atoms with Gasteiger partial charge in [-0.25, -0.2) is 0 Å². The summed E-state index contributed by atoms with van der Waals surface area (Å²) in [5.41, 5.74) is 0. The Hall–Kier alpha value is -1.32. The van der Waals surface area contributed by atoms with Crippen LogP contribution in [-0.4, -0.2) is 37.2 Å². The second kappa shape index (κ2) is 6.30. The first kappa shape index (κ1) is 12.7. The van der Waals surface area contributed by atoms with Gasteiger partial charge in [0.15, 0.2) is 0 Å². The van der Waals surface area contributed by atoms with Crippen molar-refractivity contribution in [3.05, 3.63) is 0 Å². The molecule has 2 heterocycles. The quantitative estimate of drug-likeness (QED) is 0.601. The highest BCUT2D eigenvalue weighted by atomic mass is 15.0. The summed E-state index contributed by atoms with van der Waals surface area (Å²) in [4.78, 5) is 16.4. The lowest BCUT2D eigenvalue weighted by Gasteiger charge is -2.06. The molecule has 4 nitrogen and oxygen atoms in total. The summed E-state index contributed by atoms with van der Waals surface area (Å²) in [7, 11) is 0. The van der Waals surface area contributed by atoms with Crippen LogP contribution in [0.5, 0.6) is 0 Å². The lowest BCUT2D eigenvalue weighted by atomic mass is 10.2. The van der Waals surface area contributed by atoms with E-state index in [1.54, 1.807) is 0 Å². The molecule has 0 N–H and O–H groups in total. The van der Waals surface area contributed by atoms with Gasteiger partial charge in [0.05, 0.1) is 0 Å². The lowest BCUT2D eigenvalue weighted by Crippen LogP contribution is -2.08. The van der Waals surface area contributed by atoms with Crippen molar-refractivity contribution in [3.8, 4) is 0 Å². The van der Waals surface area contributed by atoms with E-state index in [9.17, 15) is 0 Å². The fraction of sp³-hybridized carbons (Fsp3) is 0.667. The van der Waals surface area contributed by atoms with Crippen molar-refractivity contribution in [2.24, 2.45) is 31.8 Å². The van der Waals surface area contributed by atoms with Crippen LogP contribution in [0.1, 0.15) is 27.7 Å². The van der Waals surface area contributed by atoms with Gasteiger partial charge in [-0.05, 0) is 13.8 Å². The Labute approximate surface area is 97.3 Å². The summed E-state index contributed by atoms with van der Waals surface area (Å²) >= 11 is 0. The molecule has 0 aromatic heterocycles. The van der Waals surface area contributed by atoms with Gasteiger partial charge < -0.3 is 0 Å². The molecule has 2 aliphatic rings. The van der Waals surface area contributed by atoms with E-state index in [2.05, 4.69) is 33.8 Å². The Morgan fingerprint density at radius 1 is 0.562 bits per heavy atom. The average Bonchev–Trinajstić information content (AvgIpc) is 2.28. The van der Waals surface area contributed by atoms with Crippen molar-refractivity contribution in [2.45, 2.75) is 40.0 Å². The normalized spacial score (nSPS) is 35.8. The van der Waals surface area contributed by atoms with Crippen LogP contribution >= 0.6 is 0 Å². The van der Waals surface area contributed by atoms with Gasteiger partial charge in [0.1, 0.15) is 12.3 Å². The topological polar surface area (TPSA) is 49.4 Å². The van der Waals surface area contributed by atoms with Crippen LogP contribution in [0.25, 0.3) is 0 Å². The number of rotatable bonds is 0. The summed E-state index contributed by atoms with van der Waals surface area (Å²) < 4.78 is 0. The highest BCUT2D eigenvalue weighted by molar-refractivity contribution is 5.84. The molecule has 0 bridgehead atoms. The number of nitrogens with zero attached hydrogens (tertiary/aromatic N) is 4. The summed E-state index contributed by atoms with van der Waals surface area (Å²) in [6.07, 6.45) is 8.03. The molecule has 88 valence electrons. The van der Waals surface area contributed by atoms with E-state index in [0.717, 1.165) is 0 Å². The van der Waals surface area contributed by atoms with Crippen molar-refractivity contribution in [1.29, 1.82) is 0 Å². The average molecular weight is 220 g/mol. The van der Waals surface area contributed by atoms with Gasteiger partial charge in [-0.2, -0.15) is 0 Å². The van der Waals surface area contributed by atoms with Crippen LogP contribution < -0.4 is 0 Å². The van der Waals surface area contributed by atoms with Gasteiger partial charge in [0.25, 0.3) is 0 Å². The van der Waals surface area contributed by atoms with Crippen LogP contribution in [0.3, 0.4) is 0 Å². The van der Waals surface area contributed by atoms with Crippen molar-refractivity contribution >= 4 is 24.9 Å². The first-order valence-corrected chi connectivity index (χ1v) is 5.71. The molecule has 0 aromatic rings. The highest BCUT2D eigenvalue weighted by Gasteiger charge is 2.00. The smallest absolute Gasteiger partial charge is 0.136 e. The molecule has 0 unspecified atom stereocenters. The molecule has 0 saturated carbocycles. The Kier molecular flexibility index (Phi) is 5.02. The number of hydrogen-bond donors (Lipinski definition) is 0. The van der Waals surface area contributed by atoms with Crippen LogP contribution in [0, 0.1) is 11.8 Å². The number of hydrogen-bond acceptors (Lipinski definition) is 4. The largest absolute Gasteiger partial charge is 0.270 e. The summed E-state index contributed by atoms with van der Waals surface area (Å²) in [6.45, 7) is 8.08. The lowest BCUT2D eigenvalue weighted by molar-refractivity contribution is 0.772. The predicted octanol–water partition coefficient (Wildman–Crippen LogP) is 2.25. The van der Waals surface area contributed by atoms with Crippen LogP contribution in [0.15, 0.2) is 20.0 Å². The van der Waals surface area contributed by atoms with Gasteiger partial charge in [0, 0.05) is 36.7 Å². The second-order valence-corrected chi connectivity index (χ2v) is 4.17. The molecule has 0 fully saturated rings. The van der Waals surface area contributed by atoms with E-state index in [-0.39, 0.29) is 12.3 Å². The fourth-order valence-corrected chi connectivity index (χ4v) is 1.20. The van der Waals surface area contributed by atoms with Gasteiger partial charge in [-0.15, -0.1) is 0 Å². The molecule has 4 heteroatoms. The van der Waals surface area contributed by atoms with Crippen LogP contribution in [0.4, 0.5) is 0 Å². The first-order chi connectivity index (χ1) is 7.58. The van der Waals surface area contributed by atoms with E-state index in [4.69, 9.17) is 0 Å². The SMILES string of the molecule is CC1C=NC(C)N=C1.CC1C=NC(C)N=C1. The molecule has 2 rings (SSSR count). The zero-order valence-electron chi connectivity index (χ0n) is 10.4. The van der Waals surface area contributed by atoms with Crippen molar-refractivity contribution in [2.75, 3.05) is 0 Å². The summed E-state index contributed by atoms with van der Waals surface area (Å²) in [5.74, 6) is 0.873. The third kappa shape index (κ3) is 4.96. The summed E-state index contributed by atoms with van der Waals surface area (Å²) in [5, 5.41) is 0. The van der Waals surface area contributed by atoms with Gasteiger partial charge in [-0.3, -0.25) is 20.0 Å². The van der Waals surface area contributed by atoms with E-state index < -0.39 is 0 Å². The molecule has 0 atom stereocenters. The maximum absolute atomic E-state index is 4.09. The molecule has 16 heavy (non-hydrogen) atoms. The zero-order chi connectivity index (χ0) is 12.0. The Balaban J connectivity index is 0.000000160. The molecule has 0 aliphatic carbocycles. The van der Waals surface area contributed by atoms with Gasteiger partial charge in [0.2, 0.25) is 0 Å². The van der Waals surface area contributed by atoms with Crippen molar-refractivity contribution in [3.63, 3.8) is 0 Å². The Morgan fingerprint density at radius 3 is 1.00 bits per heavy atom. The second-order valence-electron chi connectivity index (χ2n) is 4.17. The minimum atomic E-state index is 0.159. The van der Waals surface area contributed by atoms with E-state index >= 15 is 0 Å². The van der Waals surface area contributed by atoms with Gasteiger partial charge >= 0.3 is 0 Å². The van der Waals surface area contributed by atoms with Crippen molar-refractivity contribution < 1.29 is 0 Å². The third-order valence-corrected chi connectivity index (χ3v) is 2.15. The fourth-order valence-electron chi connectivity index (χ4n) is 1.20. The Morgan fingerprint density at radius 2 is 0.812 bits per heavy atom. The molecule has 0 amide bonds. The van der Waals surface area contributed by atoms with E-state index in [0.29, 0.717) is 11.8 Å². The maximum atomic E-state index is 4.09. The highest BCUT2D eigenvalue weighted by Crippen LogP contribution is 1.99. The zero-order valence-corrected chi connectivity index (χ0v) is 10.4. The maximum Gasteiger partial charge on any atom is 0.136 e. The van der Waals surface area contributed by atoms with E-state index in [1.165, 1.54) is 0 Å². The molecular formula is C12H20N4. The molecular weight excluding hydrogens is 200 g/mol. The monoisotopic (exact) mass is 220 g/mol. The Bertz CT molecular complexity index is 229. The van der Waals surface area contributed by atoms with Crippen LogP contribution in [-0.2, 0) is 0 Å². The molecule has 0 spiro atoms. The molecule has 0 saturated heterocycles. The third-order valence-electron chi connectivity index (χ3n) is 2.15. The molecule has 0 radical (unpaired) electrons. The standard InChI is InChI=1S/2C6H10N2/c2*1-5-3-7-6(2)8-4-5/h2*3-6H,1-2H3. The van der Waals surface area contributed by atoms with Gasteiger partial charge in [-0.1, -0.05) is 13.8 Å². The van der Waals surface area contributed by atoms with Crippen LogP contribution in [0.2, 0.25) is 0 Å². The van der Waals surface area contributed by atoms with E-state index in [1.807, 2.05) is 38.7 Å². The first-order valence-electron chi connectivity index (χ1n) is 5.71. The minimum absolute atomic E-state index is 0.159. The molecule has 2 aliphatic heterocycles. The minimum Gasteiger partial charge on any atom is -0.270 e. The molecule has 0 aromatic carbocycles. The summed E-state index contributed by atoms with van der Waals surface area (Å²) in [6, 6.07) is 0.